The molecule has 1 aliphatic heterocycles. The highest BCUT2D eigenvalue weighted by Crippen LogP contribution is 2.23. The number of nitrogens with zero attached hydrogens (tertiary/aromatic N) is 4. The molecule has 1 aromatic heterocycles. The molecule has 0 radical (unpaired) electrons. The summed E-state index contributed by atoms with van der Waals surface area (Å²) in [6.07, 6.45) is 2.51. The maximum absolute atomic E-state index is 12.6. The first-order chi connectivity index (χ1) is 14.0. The fraction of sp³-hybridized carbons (Fsp3) is 0.500. The molecule has 0 unspecified atom stereocenters. The second kappa shape index (κ2) is 10.1. The summed E-state index contributed by atoms with van der Waals surface area (Å²) in [5, 5.41) is 7.34. The molecule has 1 fully saturated rings. The molecule has 2 aromatic rings. The van der Waals surface area contributed by atoms with Gasteiger partial charge in [-0.05, 0) is 43.9 Å². The van der Waals surface area contributed by atoms with Gasteiger partial charge in [-0.1, -0.05) is 36.2 Å². The van der Waals surface area contributed by atoms with E-state index >= 15 is 0 Å². The Balaban J connectivity index is 1.53. The Labute approximate surface area is 181 Å². The second-order valence-corrected chi connectivity index (χ2v) is 7.99. The van der Waals surface area contributed by atoms with Crippen LogP contribution in [0.15, 0.2) is 18.2 Å². The van der Waals surface area contributed by atoms with Crippen LogP contribution in [-0.4, -0.2) is 40.5 Å². The topological polar surface area (TPSA) is 83.0 Å². The smallest absolute Gasteiger partial charge is 0.230 e. The normalized spacial score (nSPS) is 14.7. The van der Waals surface area contributed by atoms with E-state index < -0.39 is 0 Å². The summed E-state index contributed by atoms with van der Waals surface area (Å²) in [6, 6.07) is 5.29. The molecular formula is C20H26Cl2N6O. The Morgan fingerprint density at radius 1 is 1.21 bits per heavy atom. The van der Waals surface area contributed by atoms with Crippen LogP contribution in [0.25, 0.3) is 0 Å². The zero-order valence-electron chi connectivity index (χ0n) is 16.7. The Bertz CT molecular complexity index is 855. The lowest BCUT2D eigenvalue weighted by Crippen LogP contribution is -2.41. The van der Waals surface area contributed by atoms with E-state index in [0.717, 1.165) is 44.5 Å². The standard InChI is InChI=1S/C20H26Cl2N6O/c1-3-8-23-19-25-13(2)26-20(27-19)28-9-6-14(7-10-28)18(29)24-12-15-4-5-16(21)11-17(15)22/h4-5,11,14H,3,6-10,12H2,1-2H3,(H,24,29)(H,23,25,26,27). The Kier molecular flexibility index (Phi) is 7.50. The summed E-state index contributed by atoms with van der Waals surface area (Å²) in [7, 11) is 0. The number of piperidine rings is 1. The van der Waals surface area contributed by atoms with Crippen LogP contribution in [0.2, 0.25) is 10.0 Å². The van der Waals surface area contributed by atoms with Crippen molar-refractivity contribution in [2.75, 3.05) is 29.9 Å². The van der Waals surface area contributed by atoms with Gasteiger partial charge in [-0.2, -0.15) is 15.0 Å². The van der Waals surface area contributed by atoms with Gasteiger partial charge in [0.05, 0.1) is 0 Å². The van der Waals surface area contributed by atoms with Crippen molar-refractivity contribution in [3.8, 4) is 0 Å². The predicted molar refractivity (Wildman–Crippen MR) is 117 cm³/mol. The van der Waals surface area contributed by atoms with Crippen LogP contribution in [0.4, 0.5) is 11.9 Å². The fourth-order valence-corrected chi connectivity index (χ4v) is 3.73. The van der Waals surface area contributed by atoms with Gasteiger partial charge in [-0.15, -0.1) is 0 Å². The molecule has 2 N–H and O–H groups in total. The number of aryl methyl sites for hydroxylation is 1. The van der Waals surface area contributed by atoms with Gasteiger partial charge in [0.15, 0.2) is 0 Å². The molecule has 3 rings (SSSR count). The van der Waals surface area contributed by atoms with Crippen molar-refractivity contribution in [1.82, 2.24) is 20.3 Å². The van der Waals surface area contributed by atoms with Crippen LogP contribution in [0.3, 0.4) is 0 Å². The molecule has 7 nitrogen and oxygen atoms in total. The number of carbonyl (C=O) groups is 1. The SMILES string of the molecule is CCCNc1nc(C)nc(N2CCC(C(=O)NCc3ccc(Cl)cc3Cl)CC2)n1. The number of hydrogen-bond donors (Lipinski definition) is 2. The van der Waals surface area contributed by atoms with Gasteiger partial charge in [-0.3, -0.25) is 4.79 Å². The molecule has 0 bridgehead atoms. The summed E-state index contributed by atoms with van der Waals surface area (Å²) >= 11 is 12.1. The molecule has 9 heteroatoms. The van der Waals surface area contributed by atoms with Gasteiger partial charge in [0.25, 0.3) is 0 Å². The molecule has 0 atom stereocenters. The third-order valence-electron chi connectivity index (χ3n) is 4.89. The first kappa shape index (κ1) is 21.6. The third-order valence-corrected chi connectivity index (χ3v) is 5.47. The van der Waals surface area contributed by atoms with E-state index in [2.05, 4.69) is 37.4 Å². The molecule has 156 valence electrons. The molecule has 1 aliphatic rings. The lowest BCUT2D eigenvalue weighted by molar-refractivity contribution is -0.125. The van der Waals surface area contributed by atoms with Gasteiger partial charge in [0.1, 0.15) is 5.82 Å². The van der Waals surface area contributed by atoms with Crippen molar-refractivity contribution in [3.63, 3.8) is 0 Å². The number of carbonyl (C=O) groups excluding carboxylic acids is 1. The van der Waals surface area contributed by atoms with Crippen molar-refractivity contribution in [2.45, 2.75) is 39.7 Å². The van der Waals surface area contributed by atoms with E-state index in [9.17, 15) is 4.79 Å². The van der Waals surface area contributed by atoms with Crippen molar-refractivity contribution in [2.24, 2.45) is 5.92 Å². The van der Waals surface area contributed by atoms with Crippen molar-refractivity contribution < 1.29 is 4.79 Å². The third kappa shape index (κ3) is 5.93. The minimum absolute atomic E-state index is 0.0297. The zero-order chi connectivity index (χ0) is 20.8. The monoisotopic (exact) mass is 436 g/mol. The second-order valence-electron chi connectivity index (χ2n) is 7.15. The number of anilines is 2. The molecule has 2 heterocycles. The number of nitrogens with one attached hydrogen (secondary N) is 2. The zero-order valence-corrected chi connectivity index (χ0v) is 18.2. The van der Waals surface area contributed by atoms with Gasteiger partial charge < -0.3 is 15.5 Å². The molecule has 29 heavy (non-hydrogen) atoms. The van der Waals surface area contributed by atoms with E-state index in [0.29, 0.717) is 34.3 Å². The maximum atomic E-state index is 12.6. The summed E-state index contributed by atoms with van der Waals surface area (Å²) in [5.41, 5.74) is 0.856. The average molecular weight is 437 g/mol. The van der Waals surface area contributed by atoms with Crippen LogP contribution in [0.1, 0.15) is 37.6 Å². The molecular weight excluding hydrogens is 411 g/mol. The number of aromatic nitrogens is 3. The molecule has 1 saturated heterocycles. The molecule has 0 saturated carbocycles. The molecule has 1 amide bonds. The molecule has 1 aromatic carbocycles. The van der Waals surface area contributed by atoms with Gasteiger partial charge in [0.2, 0.25) is 17.8 Å². The van der Waals surface area contributed by atoms with E-state index in [1.165, 1.54) is 0 Å². The van der Waals surface area contributed by atoms with Crippen LogP contribution in [-0.2, 0) is 11.3 Å². The highest BCUT2D eigenvalue weighted by atomic mass is 35.5. The van der Waals surface area contributed by atoms with Crippen LogP contribution >= 0.6 is 23.2 Å². The van der Waals surface area contributed by atoms with Gasteiger partial charge in [-0.25, -0.2) is 0 Å². The maximum Gasteiger partial charge on any atom is 0.230 e. The number of benzene rings is 1. The summed E-state index contributed by atoms with van der Waals surface area (Å²) in [6.45, 7) is 6.65. The minimum Gasteiger partial charge on any atom is -0.354 e. The Morgan fingerprint density at radius 3 is 2.66 bits per heavy atom. The number of rotatable bonds is 7. The highest BCUT2D eigenvalue weighted by molar-refractivity contribution is 6.35. The summed E-state index contributed by atoms with van der Waals surface area (Å²) in [5.74, 6) is 1.98. The van der Waals surface area contributed by atoms with E-state index in [-0.39, 0.29) is 11.8 Å². The number of hydrogen-bond acceptors (Lipinski definition) is 6. The van der Waals surface area contributed by atoms with Crippen molar-refractivity contribution in [3.05, 3.63) is 39.6 Å². The lowest BCUT2D eigenvalue weighted by atomic mass is 9.96. The average Bonchev–Trinajstić information content (AvgIpc) is 2.71. The predicted octanol–water partition coefficient (Wildman–Crippen LogP) is 3.84. The Morgan fingerprint density at radius 2 is 1.97 bits per heavy atom. The van der Waals surface area contributed by atoms with E-state index in [4.69, 9.17) is 23.2 Å². The Hall–Kier alpha value is -2.12. The van der Waals surface area contributed by atoms with Crippen molar-refractivity contribution >= 4 is 41.0 Å². The van der Waals surface area contributed by atoms with Crippen molar-refractivity contribution in [1.29, 1.82) is 0 Å². The quantitative estimate of drug-likeness (QED) is 0.685. The van der Waals surface area contributed by atoms with E-state index in [1.54, 1.807) is 12.1 Å². The number of halogens is 2. The van der Waals surface area contributed by atoms with Crippen LogP contribution in [0.5, 0.6) is 0 Å². The number of amides is 1. The first-order valence-corrected chi connectivity index (χ1v) is 10.6. The lowest BCUT2D eigenvalue weighted by Gasteiger charge is -2.31. The molecule has 0 aliphatic carbocycles. The van der Waals surface area contributed by atoms with Gasteiger partial charge >= 0.3 is 0 Å². The summed E-state index contributed by atoms with van der Waals surface area (Å²) in [4.78, 5) is 28.0. The largest absolute Gasteiger partial charge is 0.354 e. The van der Waals surface area contributed by atoms with Crippen LogP contribution < -0.4 is 15.5 Å². The first-order valence-electron chi connectivity index (χ1n) is 9.89. The fourth-order valence-electron chi connectivity index (χ4n) is 3.26. The molecule has 0 spiro atoms. The summed E-state index contributed by atoms with van der Waals surface area (Å²) < 4.78 is 0. The van der Waals surface area contributed by atoms with E-state index in [1.807, 2.05) is 13.0 Å². The highest BCUT2D eigenvalue weighted by Gasteiger charge is 2.26. The van der Waals surface area contributed by atoms with Crippen LogP contribution in [0, 0.1) is 12.8 Å². The van der Waals surface area contributed by atoms with Gasteiger partial charge in [0, 0.05) is 42.1 Å². The minimum atomic E-state index is -0.0297.